The summed E-state index contributed by atoms with van der Waals surface area (Å²) in [4.78, 5) is 22.7. The lowest BCUT2D eigenvalue weighted by Gasteiger charge is -2.31. The van der Waals surface area contributed by atoms with Crippen LogP contribution in [0.3, 0.4) is 0 Å². The van der Waals surface area contributed by atoms with E-state index in [1.54, 1.807) is 19.3 Å². The molecule has 39 heavy (non-hydrogen) atoms. The molecule has 0 bridgehead atoms. The van der Waals surface area contributed by atoms with E-state index < -0.39 is 16.5 Å². The van der Waals surface area contributed by atoms with Gasteiger partial charge in [0.05, 0.1) is 36.0 Å². The van der Waals surface area contributed by atoms with Crippen LogP contribution in [0.4, 0.5) is 23.3 Å². The monoisotopic (exact) mass is 556 g/mol. The van der Waals surface area contributed by atoms with Gasteiger partial charge in [-0.05, 0) is 44.7 Å². The molecule has 1 aliphatic carbocycles. The van der Waals surface area contributed by atoms with Gasteiger partial charge in [-0.3, -0.25) is 4.98 Å². The number of fused-ring (bicyclic) bond motifs is 1. The zero-order valence-electron chi connectivity index (χ0n) is 22.5. The molecule has 210 valence electrons. The summed E-state index contributed by atoms with van der Waals surface area (Å²) >= 11 is -2.01. The highest BCUT2D eigenvalue weighted by Crippen LogP contribution is 2.33. The van der Waals surface area contributed by atoms with Crippen LogP contribution in [-0.4, -0.2) is 86.6 Å². The lowest BCUT2D eigenvalue weighted by Crippen LogP contribution is -2.37. The van der Waals surface area contributed by atoms with Gasteiger partial charge < -0.3 is 34.5 Å². The Morgan fingerprint density at radius 3 is 2.64 bits per heavy atom. The Balaban J connectivity index is 1.32. The Labute approximate surface area is 230 Å². The molecule has 0 aromatic carbocycles. The number of rotatable bonds is 9. The van der Waals surface area contributed by atoms with Gasteiger partial charge in [-0.25, -0.2) is 9.19 Å². The fraction of sp³-hybridized carbons (Fsp3) is 0.538. The highest BCUT2D eigenvalue weighted by atomic mass is 32.2. The van der Waals surface area contributed by atoms with Gasteiger partial charge in [-0.15, -0.1) is 0 Å². The van der Waals surface area contributed by atoms with Gasteiger partial charge in [0, 0.05) is 45.5 Å². The summed E-state index contributed by atoms with van der Waals surface area (Å²) in [6.07, 6.45) is 7.02. The SMILES string of the molecule is CC(Nc1cnc2cc(N3CCOCC3)nc(OC3CCC(Nc4nccc(N(C)C)n4)CC3)c2c1)S(=O)O. The molecule has 3 aromatic rings. The number of morpholine rings is 1. The lowest BCUT2D eigenvalue weighted by molar-refractivity contribution is 0.122. The van der Waals surface area contributed by atoms with Crippen LogP contribution < -0.4 is 25.2 Å². The Kier molecular flexibility index (Phi) is 8.58. The van der Waals surface area contributed by atoms with Crippen molar-refractivity contribution in [1.29, 1.82) is 0 Å². The Bertz CT molecular complexity index is 1300. The molecule has 0 radical (unpaired) electrons. The molecule has 1 saturated carbocycles. The third kappa shape index (κ3) is 6.84. The molecule has 3 aromatic heterocycles. The van der Waals surface area contributed by atoms with E-state index in [1.807, 2.05) is 37.2 Å². The summed E-state index contributed by atoms with van der Waals surface area (Å²) in [5.74, 6) is 2.85. The van der Waals surface area contributed by atoms with Crippen molar-refractivity contribution in [2.24, 2.45) is 0 Å². The normalized spacial score (nSPS) is 21.3. The van der Waals surface area contributed by atoms with Crippen LogP contribution in [0.25, 0.3) is 10.9 Å². The molecule has 1 saturated heterocycles. The number of hydrogen-bond donors (Lipinski definition) is 3. The summed E-state index contributed by atoms with van der Waals surface area (Å²) < 4.78 is 32.9. The van der Waals surface area contributed by atoms with Crippen molar-refractivity contribution in [2.75, 3.05) is 60.8 Å². The average molecular weight is 557 g/mol. The summed E-state index contributed by atoms with van der Waals surface area (Å²) in [5, 5.41) is 6.64. The summed E-state index contributed by atoms with van der Waals surface area (Å²) in [7, 11) is 3.92. The van der Waals surface area contributed by atoms with Crippen LogP contribution in [0.5, 0.6) is 5.88 Å². The number of ether oxygens (including phenoxy) is 2. The number of anilines is 4. The highest BCUT2D eigenvalue weighted by Gasteiger charge is 2.25. The van der Waals surface area contributed by atoms with Crippen molar-refractivity contribution < 1.29 is 18.2 Å². The van der Waals surface area contributed by atoms with Crippen molar-refractivity contribution in [2.45, 2.75) is 50.1 Å². The standard InChI is InChI=1S/C26H36N8O4S/c1-17(39(35)36)29-19-14-21-22(28-16-19)15-24(34-10-12-37-13-11-34)31-25(21)38-20-6-4-18(5-7-20)30-26-27-9-8-23(32-26)33(2)3/h8-9,14-18,20,29H,4-7,10-13H2,1-3H3,(H,35,36)(H,27,30,32). The maximum atomic E-state index is 11.5. The van der Waals surface area contributed by atoms with Gasteiger partial charge in [-0.1, -0.05) is 0 Å². The zero-order valence-corrected chi connectivity index (χ0v) is 23.4. The molecule has 1 aliphatic heterocycles. The molecular weight excluding hydrogens is 520 g/mol. The second kappa shape index (κ2) is 12.3. The molecule has 4 heterocycles. The van der Waals surface area contributed by atoms with E-state index in [0.29, 0.717) is 30.7 Å². The average Bonchev–Trinajstić information content (AvgIpc) is 2.94. The number of hydrogen-bond acceptors (Lipinski definition) is 11. The third-order valence-corrected chi connectivity index (χ3v) is 7.75. The molecule has 2 unspecified atom stereocenters. The van der Waals surface area contributed by atoms with Gasteiger partial charge in [0.25, 0.3) is 0 Å². The van der Waals surface area contributed by atoms with Crippen LogP contribution in [0.2, 0.25) is 0 Å². The van der Waals surface area contributed by atoms with Gasteiger partial charge >= 0.3 is 0 Å². The molecule has 2 atom stereocenters. The number of nitrogens with one attached hydrogen (secondary N) is 2. The van der Waals surface area contributed by atoms with E-state index in [4.69, 9.17) is 14.5 Å². The van der Waals surface area contributed by atoms with Crippen LogP contribution in [0.15, 0.2) is 30.6 Å². The fourth-order valence-corrected chi connectivity index (χ4v) is 5.06. The van der Waals surface area contributed by atoms with Crippen molar-refractivity contribution >= 4 is 45.3 Å². The summed E-state index contributed by atoms with van der Waals surface area (Å²) in [5.41, 5.74) is 1.40. The van der Waals surface area contributed by atoms with Crippen LogP contribution >= 0.6 is 0 Å². The summed E-state index contributed by atoms with van der Waals surface area (Å²) in [6, 6.07) is 6.01. The van der Waals surface area contributed by atoms with E-state index >= 15 is 0 Å². The number of aromatic nitrogens is 4. The zero-order chi connectivity index (χ0) is 27.4. The van der Waals surface area contributed by atoms with E-state index in [9.17, 15) is 8.76 Å². The van der Waals surface area contributed by atoms with E-state index in [1.165, 1.54) is 0 Å². The lowest BCUT2D eigenvalue weighted by atomic mass is 9.93. The minimum absolute atomic E-state index is 0.00759. The smallest absolute Gasteiger partial charge is 0.225 e. The Hall–Kier alpha value is -3.29. The minimum atomic E-state index is -2.01. The van der Waals surface area contributed by atoms with Crippen LogP contribution in [-0.2, 0) is 15.8 Å². The first-order valence-electron chi connectivity index (χ1n) is 13.3. The van der Waals surface area contributed by atoms with Gasteiger partial charge in [0.1, 0.15) is 23.1 Å². The predicted molar refractivity (Wildman–Crippen MR) is 153 cm³/mol. The highest BCUT2D eigenvalue weighted by molar-refractivity contribution is 7.80. The molecule has 5 rings (SSSR count). The van der Waals surface area contributed by atoms with Gasteiger partial charge in [-0.2, -0.15) is 9.97 Å². The first-order chi connectivity index (χ1) is 18.9. The largest absolute Gasteiger partial charge is 0.474 e. The molecule has 13 heteroatoms. The molecule has 2 fully saturated rings. The van der Waals surface area contributed by atoms with Crippen molar-refractivity contribution in [3.8, 4) is 5.88 Å². The molecule has 0 amide bonds. The second-order valence-corrected chi connectivity index (χ2v) is 11.4. The van der Waals surface area contributed by atoms with Gasteiger partial charge in [0.2, 0.25) is 11.8 Å². The van der Waals surface area contributed by atoms with E-state index in [0.717, 1.165) is 61.3 Å². The molecule has 0 spiro atoms. The molecule has 3 N–H and O–H groups in total. The van der Waals surface area contributed by atoms with Crippen molar-refractivity contribution in [3.05, 3.63) is 30.6 Å². The second-order valence-electron chi connectivity index (χ2n) is 10.1. The summed E-state index contributed by atoms with van der Waals surface area (Å²) in [6.45, 7) is 4.46. The third-order valence-electron chi connectivity index (χ3n) is 7.02. The number of nitrogens with zero attached hydrogens (tertiary/aromatic N) is 6. The molecular formula is C26H36N8O4S. The predicted octanol–water partition coefficient (Wildman–Crippen LogP) is 3.10. The first-order valence-corrected chi connectivity index (χ1v) is 14.5. The molecule has 12 nitrogen and oxygen atoms in total. The number of pyridine rings is 2. The van der Waals surface area contributed by atoms with Crippen molar-refractivity contribution in [1.82, 2.24) is 19.9 Å². The Morgan fingerprint density at radius 2 is 1.92 bits per heavy atom. The van der Waals surface area contributed by atoms with Crippen molar-refractivity contribution in [3.63, 3.8) is 0 Å². The maximum absolute atomic E-state index is 11.5. The fourth-order valence-electron chi connectivity index (χ4n) is 4.82. The first kappa shape index (κ1) is 27.3. The van der Waals surface area contributed by atoms with Crippen LogP contribution in [0.1, 0.15) is 32.6 Å². The van der Waals surface area contributed by atoms with E-state index in [2.05, 4.69) is 30.5 Å². The quantitative estimate of drug-likeness (QED) is 0.334. The topological polar surface area (TPSA) is 138 Å². The van der Waals surface area contributed by atoms with E-state index in [-0.39, 0.29) is 12.1 Å². The van der Waals surface area contributed by atoms with Gasteiger partial charge in [0.15, 0.2) is 11.1 Å². The minimum Gasteiger partial charge on any atom is -0.474 e. The maximum Gasteiger partial charge on any atom is 0.225 e. The Morgan fingerprint density at radius 1 is 1.15 bits per heavy atom. The van der Waals surface area contributed by atoms with Crippen LogP contribution in [0, 0.1) is 0 Å². The molecule has 2 aliphatic rings.